The van der Waals surface area contributed by atoms with Crippen LogP contribution in [0.1, 0.15) is 5.56 Å². The van der Waals surface area contributed by atoms with E-state index < -0.39 is 10.8 Å². The summed E-state index contributed by atoms with van der Waals surface area (Å²) in [5.74, 6) is -0.332. The third kappa shape index (κ3) is 4.49. The second kappa shape index (κ2) is 8.79. The number of amides is 1. The first-order valence-corrected chi connectivity index (χ1v) is 9.65. The molecule has 0 radical (unpaired) electrons. The summed E-state index contributed by atoms with van der Waals surface area (Å²) in [4.78, 5) is 27.0. The van der Waals surface area contributed by atoms with E-state index in [0.29, 0.717) is 28.1 Å². The maximum Gasteiger partial charge on any atom is 0.271 e. The average Bonchev–Trinajstić information content (AvgIpc) is 3.14. The highest BCUT2D eigenvalue weighted by atomic mass is 19.1. The Morgan fingerprint density at radius 2 is 1.94 bits per heavy atom. The van der Waals surface area contributed by atoms with Crippen molar-refractivity contribution < 1.29 is 24.1 Å². The van der Waals surface area contributed by atoms with Gasteiger partial charge in [0, 0.05) is 30.0 Å². The second-order valence-electron chi connectivity index (χ2n) is 6.97. The summed E-state index contributed by atoms with van der Waals surface area (Å²) in [7, 11) is 1.42. The fraction of sp³-hybridized carbons (Fsp3) is 0.0435. The molecule has 0 bridgehead atoms. The zero-order chi connectivity index (χ0) is 23.5. The van der Waals surface area contributed by atoms with Crippen LogP contribution < -0.4 is 10.1 Å². The van der Waals surface area contributed by atoms with E-state index in [2.05, 4.69) is 10.3 Å². The lowest BCUT2D eigenvalue weighted by molar-refractivity contribution is -0.384. The molecule has 0 unspecified atom stereocenters. The maximum atomic E-state index is 13.0. The number of aromatic nitrogens is 2. The predicted octanol–water partition coefficient (Wildman–Crippen LogP) is 4.65. The molecule has 1 heterocycles. The molecule has 0 saturated heterocycles. The van der Waals surface area contributed by atoms with Crippen molar-refractivity contribution in [2.75, 3.05) is 12.4 Å². The summed E-state index contributed by atoms with van der Waals surface area (Å²) in [6.07, 6.45) is 2.86. The smallest absolute Gasteiger partial charge is 0.271 e. The summed E-state index contributed by atoms with van der Waals surface area (Å²) in [5, 5.41) is 24.3. The molecule has 166 valence electrons. The molecule has 0 saturated carbocycles. The molecule has 0 aliphatic carbocycles. The second-order valence-corrected chi connectivity index (χ2v) is 6.97. The minimum absolute atomic E-state index is 0.122. The number of hydrogen-bond acceptors (Lipinski definition) is 6. The SMILES string of the molecule is COc1cc(NC(=O)/C=C/c2ccc(F)cc2)ccc1-c1nc2ccc([N+](=O)[O-])cc2n1O. The molecule has 33 heavy (non-hydrogen) atoms. The molecule has 4 aromatic rings. The van der Waals surface area contributed by atoms with E-state index >= 15 is 0 Å². The third-order valence-electron chi connectivity index (χ3n) is 4.83. The van der Waals surface area contributed by atoms with Crippen molar-refractivity contribution in [3.8, 4) is 17.1 Å². The lowest BCUT2D eigenvalue weighted by Gasteiger charge is -2.10. The van der Waals surface area contributed by atoms with Crippen LogP contribution in [-0.4, -0.2) is 32.9 Å². The topological polar surface area (TPSA) is 120 Å². The quantitative estimate of drug-likeness (QED) is 0.192. The molecular weight excluding hydrogens is 431 g/mol. The van der Waals surface area contributed by atoms with Gasteiger partial charge in [-0.05, 0) is 42.0 Å². The first kappa shape index (κ1) is 21.5. The number of rotatable bonds is 6. The molecule has 2 N–H and O–H groups in total. The standard InChI is InChI=1S/C23H17FN4O5/c1-33-21-12-16(25-22(29)11-4-14-2-5-15(24)6-3-14)7-9-18(21)23-26-19-10-8-17(28(31)32)13-20(19)27(23)30/h2-13,30H,1H3,(H,25,29)/b11-4+. The van der Waals surface area contributed by atoms with Crippen molar-refractivity contribution in [3.05, 3.63) is 88.2 Å². The van der Waals surface area contributed by atoms with Crippen molar-refractivity contribution in [1.82, 2.24) is 9.71 Å². The summed E-state index contributed by atoms with van der Waals surface area (Å²) in [6.45, 7) is 0. The Hall–Kier alpha value is -4.73. The summed E-state index contributed by atoms with van der Waals surface area (Å²) in [5.41, 5.74) is 1.87. The molecule has 0 aliphatic heterocycles. The van der Waals surface area contributed by atoms with Gasteiger partial charge >= 0.3 is 0 Å². The van der Waals surface area contributed by atoms with Gasteiger partial charge < -0.3 is 15.3 Å². The molecule has 0 spiro atoms. The number of carbonyl (C=O) groups excluding carboxylic acids is 1. The molecule has 0 atom stereocenters. The highest BCUT2D eigenvalue weighted by molar-refractivity contribution is 6.02. The van der Waals surface area contributed by atoms with Crippen LogP contribution in [0, 0.1) is 15.9 Å². The van der Waals surface area contributed by atoms with Crippen LogP contribution >= 0.6 is 0 Å². The van der Waals surface area contributed by atoms with Crippen molar-refractivity contribution in [3.63, 3.8) is 0 Å². The van der Waals surface area contributed by atoms with Crippen molar-refractivity contribution in [2.45, 2.75) is 0 Å². The predicted molar refractivity (Wildman–Crippen MR) is 120 cm³/mol. The van der Waals surface area contributed by atoms with E-state index in [4.69, 9.17) is 4.74 Å². The number of imidazole rings is 1. The number of nitrogens with one attached hydrogen (secondary N) is 1. The Bertz CT molecular complexity index is 1400. The third-order valence-corrected chi connectivity index (χ3v) is 4.83. The number of non-ortho nitro benzene ring substituents is 1. The number of hydrogen-bond donors (Lipinski definition) is 2. The number of halogens is 1. The van der Waals surface area contributed by atoms with Crippen LogP contribution in [0.2, 0.25) is 0 Å². The van der Waals surface area contributed by atoms with Gasteiger partial charge in [-0.15, -0.1) is 0 Å². The molecule has 4 rings (SSSR count). The molecule has 1 amide bonds. The monoisotopic (exact) mass is 448 g/mol. The van der Waals surface area contributed by atoms with Crippen LogP contribution in [0.5, 0.6) is 5.75 Å². The van der Waals surface area contributed by atoms with E-state index in [1.807, 2.05) is 0 Å². The Kier molecular flexibility index (Phi) is 5.73. The largest absolute Gasteiger partial charge is 0.496 e. The summed E-state index contributed by atoms with van der Waals surface area (Å²) < 4.78 is 19.1. The van der Waals surface area contributed by atoms with Gasteiger partial charge in [-0.1, -0.05) is 12.1 Å². The minimum atomic E-state index is -0.561. The van der Waals surface area contributed by atoms with E-state index in [-0.39, 0.29) is 22.8 Å². The molecule has 1 aromatic heterocycles. The van der Waals surface area contributed by atoms with Crippen LogP contribution in [0.4, 0.5) is 15.8 Å². The number of nitro groups is 1. The van der Waals surface area contributed by atoms with Gasteiger partial charge in [0.05, 0.1) is 23.1 Å². The lowest BCUT2D eigenvalue weighted by atomic mass is 10.1. The molecule has 3 aromatic carbocycles. The van der Waals surface area contributed by atoms with Crippen LogP contribution in [-0.2, 0) is 4.79 Å². The number of anilines is 1. The number of nitrogens with zero attached hydrogens (tertiary/aromatic N) is 3. The van der Waals surface area contributed by atoms with E-state index in [0.717, 1.165) is 4.73 Å². The summed E-state index contributed by atoms with van der Waals surface area (Å²) in [6, 6.07) is 14.4. The van der Waals surface area contributed by atoms with E-state index in [1.165, 1.54) is 43.5 Å². The number of benzene rings is 3. The number of nitro benzene ring substituents is 1. The lowest BCUT2D eigenvalue weighted by Crippen LogP contribution is -2.08. The number of methoxy groups -OCH3 is 1. The van der Waals surface area contributed by atoms with Gasteiger partial charge in [0.2, 0.25) is 5.91 Å². The maximum absolute atomic E-state index is 13.0. The van der Waals surface area contributed by atoms with Crippen molar-refractivity contribution in [2.24, 2.45) is 0 Å². The Morgan fingerprint density at radius 3 is 2.64 bits per heavy atom. The summed E-state index contributed by atoms with van der Waals surface area (Å²) >= 11 is 0. The number of carbonyl (C=O) groups is 1. The van der Waals surface area contributed by atoms with Gasteiger partial charge in [-0.3, -0.25) is 14.9 Å². The van der Waals surface area contributed by atoms with Gasteiger partial charge in [-0.25, -0.2) is 9.37 Å². The normalized spacial score (nSPS) is 11.1. The Morgan fingerprint density at radius 1 is 1.18 bits per heavy atom. The molecular formula is C23H17FN4O5. The van der Waals surface area contributed by atoms with Crippen LogP contribution in [0.15, 0.2) is 66.7 Å². The molecule has 10 heteroatoms. The van der Waals surface area contributed by atoms with Gasteiger partial charge in [0.25, 0.3) is 5.69 Å². The highest BCUT2D eigenvalue weighted by Crippen LogP contribution is 2.34. The fourth-order valence-electron chi connectivity index (χ4n) is 3.22. The first-order valence-electron chi connectivity index (χ1n) is 9.65. The Balaban J connectivity index is 1.59. The van der Waals surface area contributed by atoms with Gasteiger partial charge in [-0.2, -0.15) is 4.73 Å². The van der Waals surface area contributed by atoms with E-state index in [9.17, 15) is 24.5 Å². The van der Waals surface area contributed by atoms with E-state index in [1.54, 1.807) is 36.4 Å². The zero-order valence-corrected chi connectivity index (χ0v) is 17.2. The minimum Gasteiger partial charge on any atom is -0.496 e. The average molecular weight is 448 g/mol. The number of ether oxygens (including phenoxy) is 1. The highest BCUT2D eigenvalue weighted by Gasteiger charge is 2.19. The van der Waals surface area contributed by atoms with Crippen molar-refractivity contribution >= 4 is 34.4 Å². The van der Waals surface area contributed by atoms with Gasteiger partial charge in [0.15, 0.2) is 5.82 Å². The zero-order valence-electron chi connectivity index (χ0n) is 17.2. The number of fused-ring (bicyclic) bond motifs is 1. The Labute approximate surface area is 186 Å². The van der Waals surface area contributed by atoms with Crippen molar-refractivity contribution in [1.29, 1.82) is 0 Å². The van der Waals surface area contributed by atoms with Crippen LogP contribution in [0.25, 0.3) is 28.5 Å². The van der Waals surface area contributed by atoms with Gasteiger partial charge in [0.1, 0.15) is 17.1 Å². The fourth-order valence-corrected chi connectivity index (χ4v) is 3.22. The molecule has 0 aliphatic rings. The molecule has 0 fully saturated rings. The molecule has 9 nitrogen and oxygen atoms in total. The van der Waals surface area contributed by atoms with Crippen LogP contribution in [0.3, 0.4) is 0 Å². The first-order chi connectivity index (χ1) is 15.9.